The second-order valence-electron chi connectivity index (χ2n) is 25.0. The number of aliphatic hydroxyl groups is 1. The van der Waals surface area contributed by atoms with Crippen LogP contribution in [0.15, 0.2) is 0 Å². The quantitative estimate of drug-likeness (QED) is 0.0222. The molecule has 0 fully saturated rings. The molecular weight excluding hydrogens is 1150 g/mol. The van der Waals surface area contributed by atoms with Crippen LogP contribution in [0.3, 0.4) is 0 Å². The monoisotopic (exact) mass is 1280 g/mol. The SMILES string of the molecule is CCCCCCCCCCCCCCCCCCC(=O)OC[C@H](COP(=O)(O)OC[C@@H](O)COP(=O)(O)OC[C@@H](COC(=O)CCCCCCC)OC(=O)CCCCCCC)OC(=O)CCCCCCCCCCCCCCCCCCCCC(C)C. The van der Waals surface area contributed by atoms with Crippen molar-refractivity contribution in [2.45, 2.75) is 368 Å². The van der Waals surface area contributed by atoms with Gasteiger partial charge in [0.25, 0.3) is 0 Å². The van der Waals surface area contributed by atoms with Crippen LogP contribution in [0.25, 0.3) is 0 Å². The molecule has 5 atom stereocenters. The second kappa shape index (κ2) is 61.6. The van der Waals surface area contributed by atoms with E-state index in [-0.39, 0.29) is 25.7 Å². The van der Waals surface area contributed by atoms with Gasteiger partial charge in [-0.25, -0.2) is 9.13 Å². The number of carbonyl (C=O) groups is 4. The topological polar surface area (TPSA) is 237 Å². The van der Waals surface area contributed by atoms with Gasteiger partial charge in [0.2, 0.25) is 0 Å². The zero-order valence-corrected chi connectivity index (χ0v) is 57.9. The van der Waals surface area contributed by atoms with Crippen LogP contribution in [0.1, 0.15) is 349 Å². The maximum atomic E-state index is 13.0. The summed E-state index contributed by atoms with van der Waals surface area (Å²) in [5.41, 5.74) is 0. The maximum absolute atomic E-state index is 13.0. The fourth-order valence-electron chi connectivity index (χ4n) is 10.3. The van der Waals surface area contributed by atoms with Gasteiger partial charge in [-0.1, -0.05) is 298 Å². The fourth-order valence-corrected chi connectivity index (χ4v) is 11.9. The molecule has 0 rings (SSSR count). The van der Waals surface area contributed by atoms with Crippen molar-refractivity contribution < 1.29 is 80.2 Å². The first-order valence-electron chi connectivity index (χ1n) is 35.6. The third kappa shape index (κ3) is 62.6. The molecule has 0 aliphatic heterocycles. The summed E-state index contributed by atoms with van der Waals surface area (Å²) < 4.78 is 67.7. The Morgan fingerprint density at radius 1 is 0.310 bits per heavy atom. The molecule has 0 aliphatic carbocycles. The highest BCUT2D eigenvalue weighted by Gasteiger charge is 2.30. The summed E-state index contributed by atoms with van der Waals surface area (Å²) in [5.74, 6) is -1.33. The van der Waals surface area contributed by atoms with E-state index < -0.39 is 97.5 Å². The summed E-state index contributed by atoms with van der Waals surface area (Å²) >= 11 is 0. The molecule has 0 saturated heterocycles. The summed E-state index contributed by atoms with van der Waals surface area (Å²) in [6.45, 7) is 7.08. The Morgan fingerprint density at radius 2 is 0.529 bits per heavy atom. The number of aliphatic hydroxyl groups excluding tert-OH is 1. The number of hydrogen-bond donors (Lipinski definition) is 3. The Kier molecular flexibility index (Phi) is 60.2. The minimum atomic E-state index is -4.94. The van der Waals surface area contributed by atoms with Crippen LogP contribution in [-0.2, 0) is 65.4 Å². The van der Waals surface area contributed by atoms with E-state index in [9.17, 15) is 43.2 Å². The van der Waals surface area contributed by atoms with Gasteiger partial charge in [-0.2, -0.15) is 0 Å². The molecule has 87 heavy (non-hydrogen) atoms. The molecule has 0 aromatic rings. The molecular formula is C68H132O17P2. The molecule has 0 aliphatic rings. The van der Waals surface area contributed by atoms with Crippen LogP contribution in [0.4, 0.5) is 0 Å². The van der Waals surface area contributed by atoms with Gasteiger partial charge in [-0.15, -0.1) is 0 Å². The van der Waals surface area contributed by atoms with E-state index in [4.69, 9.17) is 37.0 Å². The van der Waals surface area contributed by atoms with Gasteiger partial charge in [-0.3, -0.25) is 37.3 Å². The van der Waals surface area contributed by atoms with E-state index in [1.54, 1.807) is 0 Å². The van der Waals surface area contributed by atoms with E-state index in [0.717, 1.165) is 102 Å². The van der Waals surface area contributed by atoms with Gasteiger partial charge in [0.1, 0.15) is 19.3 Å². The number of phosphoric acid groups is 2. The molecule has 0 amide bonds. The molecule has 0 spiro atoms. The molecule has 2 unspecified atom stereocenters. The number of unbranched alkanes of at least 4 members (excludes halogenated alkanes) is 40. The maximum Gasteiger partial charge on any atom is 0.472 e. The third-order valence-electron chi connectivity index (χ3n) is 15.8. The average molecular weight is 1280 g/mol. The first kappa shape index (κ1) is 85.1. The van der Waals surface area contributed by atoms with Crippen molar-refractivity contribution in [3.63, 3.8) is 0 Å². The highest BCUT2D eigenvalue weighted by molar-refractivity contribution is 7.47. The largest absolute Gasteiger partial charge is 0.472 e. The Balaban J connectivity index is 5.04. The number of rotatable bonds is 68. The minimum Gasteiger partial charge on any atom is -0.462 e. The van der Waals surface area contributed by atoms with E-state index in [2.05, 4.69) is 34.6 Å². The van der Waals surface area contributed by atoms with Crippen molar-refractivity contribution in [1.29, 1.82) is 0 Å². The lowest BCUT2D eigenvalue weighted by molar-refractivity contribution is -0.161. The van der Waals surface area contributed by atoms with Crippen LogP contribution in [0.2, 0.25) is 0 Å². The van der Waals surface area contributed by atoms with Gasteiger partial charge in [0.05, 0.1) is 26.4 Å². The molecule has 0 heterocycles. The van der Waals surface area contributed by atoms with Gasteiger partial charge in [0.15, 0.2) is 12.2 Å². The number of ether oxygens (including phenoxy) is 4. The van der Waals surface area contributed by atoms with E-state index in [1.165, 1.54) is 167 Å². The minimum absolute atomic E-state index is 0.0991. The van der Waals surface area contributed by atoms with E-state index in [1.807, 2.05) is 0 Å². The summed E-state index contributed by atoms with van der Waals surface area (Å²) in [7, 11) is -9.87. The Labute approximate surface area is 530 Å². The lowest BCUT2D eigenvalue weighted by Crippen LogP contribution is -2.30. The zero-order valence-electron chi connectivity index (χ0n) is 56.2. The Bertz CT molecular complexity index is 1690. The molecule has 19 heteroatoms. The summed E-state index contributed by atoms with van der Waals surface area (Å²) in [5, 5.41) is 10.5. The van der Waals surface area contributed by atoms with Crippen molar-refractivity contribution in [1.82, 2.24) is 0 Å². The molecule has 17 nitrogen and oxygen atoms in total. The second-order valence-corrected chi connectivity index (χ2v) is 27.9. The fraction of sp³-hybridized carbons (Fsp3) is 0.941. The highest BCUT2D eigenvalue weighted by atomic mass is 31.2. The number of hydrogen-bond acceptors (Lipinski definition) is 15. The zero-order chi connectivity index (χ0) is 64.2. The van der Waals surface area contributed by atoms with Crippen LogP contribution >= 0.6 is 15.6 Å². The molecule has 516 valence electrons. The van der Waals surface area contributed by atoms with Gasteiger partial charge < -0.3 is 33.8 Å². The number of phosphoric ester groups is 2. The molecule has 0 bridgehead atoms. The number of carbonyl (C=O) groups excluding carboxylic acids is 4. The molecule has 3 N–H and O–H groups in total. The van der Waals surface area contributed by atoms with Crippen LogP contribution < -0.4 is 0 Å². The lowest BCUT2D eigenvalue weighted by atomic mass is 10.0. The predicted molar refractivity (Wildman–Crippen MR) is 349 cm³/mol. The smallest absolute Gasteiger partial charge is 0.462 e. The molecule has 0 aromatic carbocycles. The van der Waals surface area contributed by atoms with E-state index >= 15 is 0 Å². The van der Waals surface area contributed by atoms with Gasteiger partial charge in [-0.05, 0) is 31.6 Å². The molecule has 0 saturated carbocycles. The van der Waals surface area contributed by atoms with Crippen molar-refractivity contribution in [2.24, 2.45) is 5.92 Å². The van der Waals surface area contributed by atoms with Gasteiger partial charge in [0, 0.05) is 25.7 Å². The Hall–Kier alpha value is -1.94. The molecule has 0 radical (unpaired) electrons. The highest BCUT2D eigenvalue weighted by Crippen LogP contribution is 2.45. The van der Waals surface area contributed by atoms with Crippen molar-refractivity contribution in [2.75, 3.05) is 39.6 Å². The normalized spacial score (nSPS) is 14.1. The predicted octanol–water partition coefficient (Wildman–Crippen LogP) is 19.4. The third-order valence-corrected chi connectivity index (χ3v) is 17.7. The first-order chi connectivity index (χ1) is 42.0. The van der Waals surface area contributed by atoms with Crippen molar-refractivity contribution in [3.05, 3.63) is 0 Å². The lowest BCUT2D eigenvalue weighted by Gasteiger charge is -2.21. The summed E-state index contributed by atoms with van der Waals surface area (Å²) in [6.07, 6.45) is 48.2. The van der Waals surface area contributed by atoms with Crippen LogP contribution in [0, 0.1) is 5.92 Å². The molecule has 0 aromatic heterocycles. The first-order valence-corrected chi connectivity index (χ1v) is 38.6. The van der Waals surface area contributed by atoms with Crippen LogP contribution in [0.5, 0.6) is 0 Å². The summed E-state index contributed by atoms with van der Waals surface area (Å²) in [6, 6.07) is 0. The average Bonchev–Trinajstić information content (AvgIpc) is 3.61. The van der Waals surface area contributed by atoms with Crippen molar-refractivity contribution >= 4 is 39.5 Å². The van der Waals surface area contributed by atoms with Crippen molar-refractivity contribution in [3.8, 4) is 0 Å². The van der Waals surface area contributed by atoms with Crippen LogP contribution in [-0.4, -0.2) is 96.7 Å². The Morgan fingerprint density at radius 3 is 0.782 bits per heavy atom. The number of esters is 4. The summed E-state index contributed by atoms with van der Waals surface area (Å²) in [4.78, 5) is 71.8. The standard InChI is InChI=1S/C68H132O17P2/c1-6-9-12-15-16-17-18-19-20-26-29-32-35-38-43-47-52-66(71)79-58-64(85-68(73)54-49-44-39-36-33-30-27-24-22-21-23-25-28-31-34-37-42-45-50-61(4)5)60-83-87(76,77)81-56-62(69)55-80-86(74,75)82-59-63(84-67(72)53-48-41-14-11-8-3)57-78-65(70)51-46-40-13-10-7-2/h61-64,69H,6-60H2,1-5H3,(H,74,75)(H,76,77)/t62-,63+,64+/m0/s1. The van der Waals surface area contributed by atoms with E-state index in [0.29, 0.717) is 25.7 Å². The van der Waals surface area contributed by atoms with Gasteiger partial charge >= 0.3 is 39.5 Å².